The molecule has 2 rings (SSSR count). The number of hydrogen-bond donors (Lipinski definition) is 2. The van der Waals surface area contributed by atoms with Crippen molar-refractivity contribution in [1.82, 2.24) is 4.57 Å². The zero-order valence-corrected chi connectivity index (χ0v) is 9.97. The van der Waals surface area contributed by atoms with Gasteiger partial charge in [-0.25, -0.2) is 0 Å². The predicted molar refractivity (Wildman–Crippen MR) is 69.4 cm³/mol. The summed E-state index contributed by atoms with van der Waals surface area (Å²) in [4.78, 5) is 11.8. The maximum Gasteiger partial charge on any atom is 0.252 e. The van der Waals surface area contributed by atoms with Gasteiger partial charge in [-0.1, -0.05) is 18.2 Å². The van der Waals surface area contributed by atoms with Gasteiger partial charge in [-0.05, 0) is 13.0 Å². The fourth-order valence-electron chi connectivity index (χ4n) is 1.81. The van der Waals surface area contributed by atoms with E-state index in [2.05, 4.69) is 5.32 Å². The number of aliphatic hydroxyl groups excluding tert-OH is 1. The molecule has 90 valence electrons. The molecule has 1 aromatic heterocycles. The average molecular weight is 232 g/mol. The molecule has 1 unspecified atom stereocenters. The molecule has 2 N–H and O–H groups in total. The summed E-state index contributed by atoms with van der Waals surface area (Å²) < 4.78 is 1.61. The first-order valence-electron chi connectivity index (χ1n) is 5.60. The van der Waals surface area contributed by atoms with Crippen molar-refractivity contribution in [2.45, 2.75) is 13.0 Å². The Labute approximate surface area is 99.5 Å². The second-order valence-electron chi connectivity index (χ2n) is 4.20. The third-order valence-electron chi connectivity index (χ3n) is 2.74. The Bertz CT molecular complexity index is 587. The Hall–Kier alpha value is -1.81. The standard InChI is InChI=1S/C13H16N2O2/c1-9(16)8-14-11-7-13(17)15(2)12-6-4-3-5-10(11)12/h3-7,9,14,16H,8H2,1-2H3. The fourth-order valence-corrected chi connectivity index (χ4v) is 1.81. The average Bonchev–Trinajstić information content (AvgIpc) is 2.32. The van der Waals surface area contributed by atoms with E-state index < -0.39 is 6.10 Å². The van der Waals surface area contributed by atoms with Crippen LogP contribution < -0.4 is 10.9 Å². The van der Waals surface area contributed by atoms with Crippen LogP contribution in [0.3, 0.4) is 0 Å². The zero-order valence-electron chi connectivity index (χ0n) is 9.97. The molecule has 0 aliphatic carbocycles. The number of fused-ring (bicyclic) bond motifs is 1. The molecule has 1 atom stereocenters. The summed E-state index contributed by atoms with van der Waals surface area (Å²) in [6, 6.07) is 9.26. The van der Waals surface area contributed by atoms with Crippen molar-refractivity contribution in [3.63, 3.8) is 0 Å². The van der Waals surface area contributed by atoms with E-state index in [0.29, 0.717) is 6.54 Å². The van der Waals surface area contributed by atoms with Gasteiger partial charge in [-0.15, -0.1) is 0 Å². The van der Waals surface area contributed by atoms with Gasteiger partial charge in [0, 0.05) is 30.7 Å². The summed E-state index contributed by atoms with van der Waals surface area (Å²) in [5, 5.41) is 13.3. The van der Waals surface area contributed by atoms with Gasteiger partial charge in [-0.3, -0.25) is 4.79 Å². The Kier molecular flexibility index (Phi) is 3.15. The second kappa shape index (κ2) is 4.59. The van der Waals surface area contributed by atoms with E-state index in [0.717, 1.165) is 16.6 Å². The molecule has 0 spiro atoms. The van der Waals surface area contributed by atoms with Crippen LogP contribution in [0.4, 0.5) is 5.69 Å². The third-order valence-corrected chi connectivity index (χ3v) is 2.74. The van der Waals surface area contributed by atoms with Crippen LogP contribution in [0.25, 0.3) is 10.9 Å². The minimum Gasteiger partial charge on any atom is -0.392 e. The maximum atomic E-state index is 11.8. The number of nitrogens with zero attached hydrogens (tertiary/aromatic N) is 1. The van der Waals surface area contributed by atoms with Crippen LogP contribution in [-0.4, -0.2) is 22.3 Å². The molecule has 0 bridgehead atoms. The summed E-state index contributed by atoms with van der Waals surface area (Å²) in [7, 11) is 1.75. The van der Waals surface area contributed by atoms with E-state index >= 15 is 0 Å². The summed E-state index contributed by atoms with van der Waals surface area (Å²) >= 11 is 0. The summed E-state index contributed by atoms with van der Waals surface area (Å²) in [5.41, 5.74) is 1.59. The van der Waals surface area contributed by atoms with Crippen molar-refractivity contribution in [3.05, 3.63) is 40.7 Å². The third kappa shape index (κ3) is 2.31. The van der Waals surface area contributed by atoms with E-state index in [-0.39, 0.29) is 5.56 Å². The van der Waals surface area contributed by atoms with E-state index in [4.69, 9.17) is 0 Å². The number of nitrogens with one attached hydrogen (secondary N) is 1. The SMILES string of the molecule is CC(O)CNc1cc(=O)n(C)c2ccccc12. The highest BCUT2D eigenvalue weighted by molar-refractivity contribution is 5.91. The summed E-state index contributed by atoms with van der Waals surface area (Å²) in [6.45, 7) is 2.13. The van der Waals surface area contributed by atoms with Crippen LogP contribution in [0.2, 0.25) is 0 Å². The van der Waals surface area contributed by atoms with Crippen molar-refractivity contribution in [2.75, 3.05) is 11.9 Å². The summed E-state index contributed by atoms with van der Waals surface area (Å²) in [5.74, 6) is 0. The first kappa shape index (κ1) is 11.7. The summed E-state index contributed by atoms with van der Waals surface area (Å²) in [6.07, 6.45) is -0.446. The van der Waals surface area contributed by atoms with Gasteiger partial charge in [0.2, 0.25) is 0 Å². The quantitative estimate of drug-likeness (QED) is 0.839. The Morgan fingerprint density at radius 3 is 2.82 bits per heavy atom. The largest absolute Gasteiger partial charge is 0.392 e. The Morgan fingerprint density at radius 2 is 2.12 bits per heavy atom. The molecular formula is C13H16N2O2. The smallest absolute Gasteiger partial charge is 0.252 e. The van der Waals surface area contributed by atoms with Crippen molar-refractivity contribution in [2.24, 2.45) is 7.05 Å². The molecule has 0 aliphatic heterocycles. The van der Waals surface area contributed by atoms with Crippen LogP contribution in [0.1, 0.15) is 6.92 Å². The lowest BCUT2D eigenvalue weighted by atomic mass is 10.1. The molecule has 2 aromatic rings. The molecule has 1 aromatic carbocycles. The van der Waals surface area contributed by atoms with Crippen LogP contribution >= 0.6 is 0 Å². The van der Waals surface area contributed by atoms with Gasteiger partial charge in [-0.2, -0.15) is 0 Å². The number of hydrogen-bond acceptors (Lipinski definition) is 3. The number of pyridine rings is 1. The first-order chi connectivity index (χ1) is 8.09. The van der Waals surface area contributed by atoms with E-state index in [1.807, 2.05) is 24.3 Å². The Morgan fingerprint density at radius 1 is 1.41 bits per heavy atom. The van der Waals surface area contributed by atoms with Gasteiger partial charge in [0.1, 0.15) is 0 Å². The molecule has 0 amide bonds. The lowest BCUT2D eigenvalue weighted by Gasteiger charge is -2.13. The van der Waals surface area contributed by atoms with Gasteiger partial charge in [0.15, 0.2) is 0 Å². The molecule has 0 aliphatic rings. The number of para-hydroxylation sites is 1. The number of anilines is 1. The highest BCUT2D eigenvalue weighted by Gasteiger charge is 2.06. The van der Waals surface area contributed by atoms with Crippen LogP contribution in [0.15, 0.2) is 35.1 Å². The van der Waals surface area contributed by atoms with Crippen molar-refractivity contribution in [3.8, 4) is 0 Å². The highest BCUT2D eigenvalue weighted by atomic mass is 16.3. The van der Waals surface area contributed by atoms with Gasteiger partial charge in [0.25, 0.3) is 5.56 Å². The molecule has 4 heteroatoms. The molecular weight excluding hydrogens is 216 g/mol. The number of aromatic nitrogens is 1. The van der Waals surface area contributed by atoms with Crippen molar-refractivity contribution >= 4 is 16.6 Å². The van der Waals surface area contributed by atoms with Gasteiger partial charge < -0.3 is 15.0 Å². The number of aryl methyl sites for hydroxylation is 1. The van der Waals surface area contributed by atoms with Crippen molar-refractivity contribution < 1.29 is 5.11 Å². The van der Waals surface area contributed by atoms with Crippen molar-refractivity contribution in [1.29, 1.82) is 0 Å². The molecule has 0 saturated heterocycles. The van der Waals surface area contributed by atoms with Gasteiger partial charge >= 0.3 is 0 Å². The first-order valence-corrected chi connectivity index (χ1v) is 5.60. The topological polar surface area (TPSA) is 54.3 Å². The van der Waals surface area contributed by atoms with Crippen LogP contribution in [-0.2, 0) is 7.05 Å². The molecule has 17 heavy (non-hydrogen) atoms. The normalized spacial score (nSPS) is 12.6. The number of benzene rings is 1. The van der Waals surface area contributed by atoms with Crippen LogP contribution in [0.5, 0.6) is 0 Å². The minimum atomic E-state index is -0.446. The lowest BCUT2D eigenvalue weighted by Crippen LogP contribution is -2.20. The second-order valence-corrected chi connectivity index (χ2v) is 4.20. The number of aliphatic hydroxyl groups is 1. The van der Waals surface area contributed by atoms with Crippen LogP contribution in [0, 0.1) is 0 Å². The van der Waals surface area contributed by atoms with Gasteiger partial charge in [0.05, 0.1) is 11.6 Å². The molecule has 0 saturated carbocycles. The predicted octanol–water partition coefficient (Wildman–Crippen LogP) is 1.33. The number of rotatable bonds is 3. The molecule has 0 radical (unpaired) electrons. The van der Waals surface area contributed by atoms with E-state index in [1.54, 1.807) is 24.6 Å². The zero-order chi connectivity index (χ0) is 12.4. The highest BCUT2D eigenvalue weighted by Crippen LogP contribution is 2.20. The molecule has 0 fully saturated rings. The maximum absolute atomic E-state index is 11.8. The van der Waals surface area contributed by atoms with E-state index in [9.17, 15) is 9.90 Å². The van der Waals surface area contributed by atoms with E-state index in [1.165, 1.54) is 0 Å². The Balaban J connectivity index is 2.55. The molecule has 1 heterocycles. The fraction of sp³-hybridized carbons (Fsp3) is 0.308. The minimum absolute atomic E-state index is 0.0585. The molecule has 4 nitrogen and oxygen atoms in total. The monoisotopic (exact) mass is 232 g/mol. The lowest BCUT2D eigenvalue weighted by molar-refractivity contribution is 0.208.